The molecule has 1 aliphatic heterocycles. The molecule has 1 atom stereocenters. The zero-order chi connectivity index (χ0) is 16.8. The van der Waals surface area contributed by atoms with Gasteiger partial charge in [0.25, 0.3) is 0 Å². The topological polar surface area (TPSA) is 72.5 Å². The van der Waals surface area contributed by atoms with Crippen molar-refractivity contribution in [3.05, 3.63) is 48.4 Å². The van der Waals surface area contributed by atoms with Crippen molar-refractivity contribution < 1.29 is 18.7 Å². The summed E-state index contributed by atoms with van der Waals surface area (Å²) < 4.78 is 23.8. The number of rotatable bonds is 5. The molecule has 1 fully saturated rings. The number of halogens is 1. The average Bonchev–Trinajstić information content (AvgIpc) is 3.10. The summed E-state index contributed by atoms with van der Waals surface area (Å²) in [4.78, 5) is 15.9. The van der Waals surface area contributed by atoms with Crippen molar-refractivity contribution in [2.24, 2.45) is 0 Å². The number of pyridine rings is 1. The predicted octanol–water partition coefficient (Wildman–Crippen LogP) is 3.31. The van der Waals surface area contributed by atoms with Crippen molar-refractivity contribution in [1.29, 1.82) is 0 Å². The van der Waals surface area contributed by atoms with Crippen molar-refractivity contribution in [3.63, 3.8) is 0 Å². The lowest BCUT2D eigenvalue weighted by molar-refractivity contribution is 0.112. The summed E-state index contributed by atoms with van der Waals surface area (Å²) in [6.45, 7) is 1.25. The number of anilines is 1. The van der Waals surface area contributed by atoms with Gasteiger partial charge in [0.2, 0.25) is 5.88 Å². The first-order valence-corrected chi connectivity index (χ1v) is 7.75. The van der Waals surface area contributed by atoms with Crippen LogP contribution < -0.4 is 15.4 Å². The Morgan fingerprint density at radius 3 is 2.79 bits per heavy atom. The number of carbonyl (C=O) groups excluding carboxylic acids is 1. The van der Waals surface area contributed by atoms with Crippen LogP contribution in [-0.4, -0.2) is 30.3 Å². The molecule has 1 saturated heterocycles. The van der Waals surface area contributed by atoms with E-state index in [4.69, 9.17) is 9.47 Å². The van der Waals surface area contributed by atoms with Gasteiger partial charge in [-0.25, -0.2) is 14.2 Å². The van der Waals surface area contributed by atoms with Crippen LogP contribution in [-0.2, 0) is 4.74 Å². The number of carbonyl (C=O) groups is 1. The van der Waals surface area contributed by atoms with E-state index in [1.807, 2.05) is 0 Å². The predicted molar refractivity (Wildman–Crippen MR) is 86.7 cm³/mol. The van der Waals surface area contributed by atoms with Crippen LogP contribution in [0.15, 0.2) is 42.6 Å². The average molecular weight is 331 g/mol. The van der Waals surface area contributed by atoms with Crippen molar-refractivity contribution in [2.75, 3.05) is 18.5 Å². The Kier molecular flexibility index (Phi) is 5.22. The Bertz CT molecular complexity index is 670. The van der Waals surface area contributed by atoms with Gasteiger partial charge in [-0.3, -0.25) is 0 Å². The Balaban J connectivity index is 1.48. The Hall–Kier alpha value is -2.67. The summed E-state index contributed by atoms with van der Waals surface area (Å²) in [5, 5.41) is 5.45. The fraction of sp³-hybridized carbons (Fsp3) is 0.294. The summed E-state index contributed by atoms with van der Waals surface area (Å²) in [6, 6.07) is 8.65. The standard InChI is InChI=1S/C17H18FN3O3/c18-12-3-6-14(7-4-12)24-16-8-5-13(10-19-16)21-17(22)20-11-15-2-1-9-23-15/h3-8,10,15H,1-2,9,11H2,(H2,20,21,22). The van der Waals surface area contributed by atoms with Crippen LogP contribution >= 0.6 is 0 Å². The van der Waals surface area contributed by atoms with Crippen LogP contribution in [0.5, 0.6) is 11.6 Å². The Labute approximate surface area is 139 Å². The maximum absolute atomic E-state index is 12.8. The normalized spacial score (nSPS) is 16.6. The van der Waals surface area contributed by atoms with E-state index in [1.165, 1.54) is 30.5 Å². The Morgan fingerprint density at radius 1 is 1.29 bits per heavy atom. The highest BCUT2D eigenvalue weighted by Crippen LogP contribution is 2.20. The SMILES string of the molecule is O=C(NCC1CCCO1)Nc1ccc(Oc2ccc(F)cc2)nc1. The first-order chi connectivity index (χ1) is 11.7. The van der Waals surface area contributed by atoms with Crippen molar-refractivity contribution in [2.45, 2.75) is 18.9 Å². The van der Waals surface area contributed by atoms with Crippen LogP contribution in [0.4, 0.5) is 14.9 Å². The molecule has 2 N–H and O–H groups in total. The molecule has 6 nitrogen and oxygen atoms in total. The molecule has 0 radical (unpaired) electrons. The van der Waals surface area contributed by atoms with E-state index in [-0.39, 0.29) is 18.0 Å². The van der Waals surface area contributed by atoms with Gasteiger partial charge < -0.3 is 20.1 Å². The van der Waals surface area contributed by atoms with E-state index < -0.39 is 0 Å². The molecule has 0 saturated carbocycles. The molecule has 1 aromatic carbocycles. The van der Waals surface area contributed by atoms with Crippen molar-refractivity contribution in [1.82, 2.24) is 10.3 Å². The molecule has 1 unspecified atom stereocenters. The summed E-state index contributed by atoms with van der Waals surface area (Å²) in [7, 11) is 0. The lowest BCUT2D eigenvalue weighted by Crippen LogP contribution is -2.35. The summed E-state index contributed by atoms with van der Waals surface area (Å²) in [5.74, 6) is 0.509. The molecule has 126 valence electrons. The molecule has 7 heteroatoms. The molecule has 0 bridgehead atoms. The van der Waals surface area contributed by atoms with Crippen LogP contribution in [0.2, 0.25) is 0 Å². The maximum atomic E-state index is 12.8. The highest BCUT2D eigenvalue weighted by atomic mass is 19.1. The number of aromatic nitrogens is 1. The Morgan fingerprint density at radius 2 is 2.12 bits per heavy atom. The third-order valence-electron chi connectivity index (χ3n) is 3.54. The molecule has 3 rings (SSSR count). The third kappa shape index (κ3) is 4.66. The van der Waals surface area contributed by atoms with Gasteiger partial charge >= 0.3 is 6.03 Å². The second-order valence-electron chi connectivity index (χ2n) is 5.41. The molecule has 0 spiro atoms. The quantitative estimate of drug-likeness (QED) is 0.881. The van der Waals surface area contributed by atoms with Crippen LogP contribution in [0.25, 0.3) is 0 Å². The van der Waals surface area contributed by atoms with E-state index in [2.05, 4.69) is 15.6 Å². The number of hydrogen-bond acceptors (Lipinski definition) is 4. The number of urea groups is 1. The summed E-state index contributed by atoms with van der Waals surface area (Å²) in [5.41, 5.74) is 0.547. The van der Waals surface area contributed by atoms with Gasteiger partial charge in [-0.05, 0) is 43.2 Å². The second-order valence-corrected chi connectivity index (χ2v) is 5.41. The second kappa shape index (κ2) is 7.74. The molecular weight excluding hydrogens is 313 g/mol. The van der Waals surface area contributed by atoms with E-state index >= 15 is 0 Å². The number of hydrogen-bond donors (Lipinski definition) is 2. The molecule has 24 heavy (non-hydrogen) atoms. The minimum absolute atomic E-state index is 0.0976. The van der Waals surface area contributed by atoms with Gasteiger partial charge in [0.05, 0.1) is 18.0 Å². The molecule has 0 aliphatic carbocycles. The number of amides is 2. The summed E-state index contributed by atoms with van der Waals surface area (Å²) in [6.07, 6.45) is 3.59. The molecular formula is C17H18FN3O3. The van der Waals surface area contributed by atoms with Gasteiger partial charge in [0.1, 0.15) is 11.6 Å². The fourth-order valence-electron chi connectivity index (χ4n) is 2.33. The smallest absolute Gasteiger partial charge is 0.319 e. The number of nitrogens with one attached hydrogen (secondary N) is 2. The van der Waals surface area contributed by atoms with Gasteiger partial charge in [-0.15, -0.1) is 0 Å². The first kappa shape index (κ1) is 16.2. The van der Waals surface area contributed by atoms with E-state index in [9.17, 15) is 9.18 Å². The van der Waals surface area contributed by atoms with E-state index in [1.54, 1.807) is 12.1 Å². The number of ether oxygens (including phenoxy) is 2. The van der Waals surface area contributed by atoms with Gasteiger partial charge in [0.15, 0.2) is 0 Å². The highest BCUT2D eigenvalue weighted by molar-refractivity contribution is 5.89. The fourth-order valence-corrected chi connectivity index (χ4v) is 2.33. The molecule has 2 heterocycles. The number of benzene rings is 1. The zero-order valence-corrected chi connectivity index (χ0v) is 13.0. The minimum Gasteiger partial charge on any atom is -0.439 e. The highest BCUT2D eigenvalue weighted by Gasteiger charge is 2.16. The maximum Gasteiger partial charge on any atom is 0.319 e. The van der Waals surface area contributed by atoms with E-state index in [0.29, 0.717) is 23.9 Å². The molecule has 1 aliphatic rings. The van der Waals surface area contributed by atoms with Crippen molar-refractivity contribution >= 4 is 11.7 Å². The third-order valence-corrected chi connectivity index (χ3v) is 3.54. The minimum atomic E-state index is -0.330. The van der Waals surface area contributed by atoms with Gasteiger partial charge in [-0.2, -0.15) is 0 Å². The van der Waals surface area contributed by atoms with Crippen molar-refractivity contribution in [3.8, 4) is 11.6 Å². The largest absolute Gasteiger partial charge is 0.439 e. The monoisotopic (exact) mass is 331 g/mol. The van der Waals surface area contributed by atoms with Crippen LogP contribution in [0.1, 0.15) is 12.8 Å². The van der Waals surface area contributed by atoms with Crippen LogP contribution in [0.3, 0.4) is 0 Å². The van der Waals surface area contributed by atoms with Gasteiger partial charge in [-0.1, -0.05) is 0 Å². The van der Waals surface area contributed by atoms with Gasteiger partial charge in [0, 0.05) is 19.2 Å². The summed E-state index contributed by atoms with van der Waals surface area (Å²) >= 11 is 0. The van der Waals surface area contributed by atoms with E-state index in [0.717, 1.165) is 19.4 Å². The molecule has 2 aromatic rings. The lowest BCUT2D eigenvalue weighted by Gasteiger charge is -2.12. The zero-order valence-electron chi connectivity index (χ0n) is 13.0. The number of nitrogens with zero attached hydrogens (tertiary/aromatic N) is 1. The lowest BCUT2D eigenvalue weighted by atomic mass is 10.2. The van der Waals surface area contributed by atoms with Crippen LogP contribution in [0, 0.1) is 5.82 Å². The first-order valence-electron chi connectivity index (χ1n) is 7.75. The molecule has 1 aromatic heterocycles. The molecule has 2 amide bonds.